The second-order valence-electron chi connectivity index (χ2n) is 4.37. The summed E-state index contributed by atoms with van der Waals surface area (Å²) in [5.74, 6) is 0.173. The van der Waals surface area contributed by atoms with Gasteiger partial charge in [-0.1, -0.05) is 6.42 Å². The van der Waals surface area contributed by atoms with E-state index in [1.165, 1.54) is 11.1 Å². The first-order chi connectivity index (χ1) is 7.59. The maximum absolute atomic E-state index is 11.8. The molecule has 0 saturated heterocycles. The summed E-state index contributed by atoms with van der Waals surface area (Å²) in [6.45, 7) is 2.28. The number of hydrogen-bond donors (Lipinski definition) is 1. The standard InChI is InChI=1S/C11H17N3O2/c1-7-9(12)10(14(2)13-7)11(15)16-6-8-4-3-5-8/h8H,3-6,12H2,1-2H3. The fraction of sp³-hybridized carbons (Fsp3) is 0.636. The third-order valence-electron chi connectivity index (χ3n) is 3.14. The number of rotatable bonds is 3. The van der Waals surface area contributed by atoms with Gasteiger partial charge in [0, 0.05) is 7.05 Å². The van der Waals surface area contributed by atoms with E-state index in [1.807, 2.05) is 0 Å². The molecule has 1 aliphatic rings. The number of nitrogens with zero attached hydrogens (tertiary/aromatic N) is 2. The van der Waals surface area contributed by atoms with Crippen LogP contribution < -0.4 is 5.73 Å². The molecule has 1 aromatic heterocycles. The molecule has 0 aliphatic heterocycles. The van der Waals surface area contributed by atoms with E-state index in [4.69, 9.17) is 10.5 Å². The zero-order valence-electron chi connectivity index (χ0n) is 9.69. The van der Waals surface area contributed by atoms with Crippen molar-refractivity contribution in [3.8, 4) is 0 Å². The summed E-state index contributed by atoms with van der Waals surface area (Å²) in [7, 11) is 1.70. The number of carbonyl (C=O) groups is 1. The Bertz CT molecular complexity index is 408. The van der Waals surface area contributed by atoms with Crippen LogP contribution in [0, 0.1) is 12.8 Å². The molecule has 1 fully saturated rings. The number of aromatic nitrogens is 2. The Hall–Kier alpha value is -1.52. The Kier molecular flexibility index (Phi) is 2.85. The van der Waals surface area contributed by atoms with E-state index in [0.717, 1.165) is 12.8 Å². The quantitative estimate of drug-likeness (QED) is 0.783. The van der Waals surface area contributed by atoms with Crippen molar-refractivity contribution in [1.82, 2.24) is 9.78 Å². The smallest absolute Gasteiger partial charge is 0.358 e. The minimum absolute atomic E-state index is 0.358. The molecule has 2 rings (SSSR count). The third-order valence-corrected chi connectivity index (χ3v) is 3.14. The molecule has 5 heteroatoms. The van der Waals surface area contributed by atoms with Gasteiger partial charge in [-0.25, -0.2) is 4.79 Å². The van der Waals surface area contributed by atoms with Crippen LogP contribution in [-0.2, 0) is 11.8 Å². The lowest BCUT2D eigenvalue weighted by molar-refractivity contribution is 0.0360. The molecule has 88 valence electrons. The number of carbonyl (C=O) groups excluding carboxylic acids is 1. The molecule has 0 unspecified atom stereocenters. The van der Waals surface area contributed by atoms with Gasteiger partial charge in [-0.05, 0) is 25.7 Å². The van der Waals surface area contributed by atoms with Gasteiger partial charge in [-0.15, -0.1) is 0 Å². The van der Waals surface area contributed by atoms with Gasteiger partial charge < -0.3 is 10.5 Å². The predicted molar refractivity (Wildman–Crippen MR) is 60.0 cm³/mol. The van der Waals surface area contributed by atoms with Crippen LogP contribution in [0.2, 0.25) is 0 Å². The molecule has 0 spiro atoms. The van der Waals surface area contributed by atoms with Crippen molar-refractivity contribution >= 4 is 11.7 Å². The van der Waals surface area contributed by atoms with Gasteiger partial charge in [0.25, 0.3) is 0 Å². The molecule has 1 saturated carbocycles. The number of ether oxygens (including phenoxy) is 1. The first-order valence-corrected chi connectivity index (χ1v) is 5.55. The van der Waals surface area contributed by atoms with Crippen molar-refractivity contribution in [2.24, 2.45) is 13.0 Å². The summed E-state index contributed by atoms with van der Waals surface area (Å²) in [6.07, 6.45) is 3.57. The van der Waals surface area contributed by atoms with Crippen molar-refractivity contribution in [3.05, 3.63) is 11.4 Å². The number of esters is 1. The predicted octanol–water partition coefficient (Wildman–Crippen LogP) is 1.27. The van der Waals surface area contributed by atoms with E-state index in [2.05, 4.69) is 5.10 Å². The lowest BCUT2D eigenvalue weighted by atomic mass is 9.86. The van der Waals surface area contributed by atoms with Crippen LogP contribution in [0.15, 0.2) is 0 Å². The highest BCUT2D eigenvalue weighted by molar-refractivity contribution is 5.93. The summed E-state index contributed by atoms with van der Waals surface area (Å²) >= 11 is 0. The number of nitrogen functional groups attached to an aromatic ring is 1. The van der Waals surface area contributed by atoms with Gasteiger partial charge in [0.1, 0.15) is 0 Å². The number of aryl methyl sites for hydroxylation is 2. The Morgan fingerprint density at radius 2 is 2.31 bits per heavy atom. The van der Waals surface area contributed by atoms with E-state index in [-0.39, 0.29) is 5.97 Å². The van der Waals surface area contributed by atoms with Crippen LogP contribution in [0.4, 0.5) is 5.69 Å². The number of nitrogens with two attached hydrogens (primary N) is 1. The zero-order valence-corrected chi connectivity index (χ0v) is 9.69. The monoisotopic (exact) mass is 223 g/mol. The first kappa shape index (κ1) is 11.0. The maximum Gasteiger partial charge on any atom is 0.358 e. The largest absolute Gasteiger partial charge is 0.461 e. The molecule has 16 heavy (non-hydrogen) atoms. The summed E-state index contributed by atoms with van der Waals surface area (Å²) in [4.78, 5) is 11.8. The minimum atomic E-state index is -0.368. The van der Waals surface area contributed by atoms with E-state index in [1.54, 1.807) is 14.0 Å². The summed E-state index contributed by atoms with van der Waals surface area (Å²) < 4.78 is 6.71. The molecule has 0 aromatic carbocycles. The molecular formula is C11H17N3O2. The average Bonchev–Trinajstić information content (AvgIpc) is 2.38. The van der Waals surface area contributed by atoms with Gasteiger partial charge >= 0.3 is 5.97 Å². The van der Waals surface area contributed by atoms with Crippen molar-refractivity contribution in [2.45, 2.75) is 26.2 Å². The average molecular weight is 223 g/mol. The van der Waals surface area contributed by atoms with Crippen LogP contribution in [0.1, 0.15) is 35.4 Å². The van der Waals surface area contributed by atoms with E-state index in [9.17, 15) is 4.79 Å². The Morgan fingerprint density at radius 3 is 2.75 bits per heavy atom. The van der Waals surface area contributed by atoms with E-state index >= 15 is 0 Å². The lowest BCUT2D eigenvalue weighted by Gasteiger charge is -2.24. The van der Waals surface area contributed by atoms with Gasteiger partial charge in [-0.3, -0.25) is 4.68 Å². The van der Waals surface area contributed by atoms with Crippen LogP contribution in [0.25, 0.3) is 0 Å². The first-order valence-electron chi connectivity index (χ1n) is 5.55. The Labute approximate surface area is 94.6 Å². The van der Waals surface area contributed by atoms with Gasteiger partial charge in [0.15, 0.2) is 5.69 Å². The van der Waals surface area contributed by atoms with E-state index < -0.39 is 0 Å². The SMILES string of the molecule is Cc1nn(C)c(C(=O)OCC2CCC2)c1N. The molecule has 1 heterocycles. The number of anilines is 1. The molecule has 1 aliphatic carbocycles. The highest BCUT2D eigenvalue weighted by Crippen LogP contribution is 2.27. The summed E-state index contributed by atoms with van der Waals surface area (Å²) in [5.41, 5.74) is 7.21. The number of hydrogen-bond acceptors (Lipinski definition) is 4. The fourth-order valence-electron chi connectivity index (χ4n) is 1.84. The zero-order chi connectivity index (χ0) is 11.7. The molecule has 0 bridgehead atoms. The van der Waals surface area contributed by atoms with Crippen molar-refractivity contribution < 1.29 is 9.53 Å². The molecule has 0 atom stereocenters. The maximum atomic E-state index is 11.8. The van der Waals surface area contributed by atoms with Crippen molar-refractivity contribution in [2.75, 3.05) is 12.3 Å². The normalized spacial score (nSPS) is 15.9. The van der Waals surface area contributed by atoms with Gasteiger partial charge in [0.05, 0.1) is 18.0 Å². The summed E-state index contributed by atoms with van der Waals surface area (Å²) in [5, 5.41) is 4.08. The Balaban J connectivity index is 2.02. The topological polar surface area (TPSA) is 70.1 Å². The Morgan fingerprint density at radius 1 is 1.62 bits per heavy atom. The molecule has 0 amide bonds. The molecule has 2 N–H and O–H groups in total. The van der Waals surface area contributed by atoms with Gasteiger partial charge in [-0.2, -0.15) is 5.10 Å². The van der Waals surface area contributed by atoms with Crippen LogP contribution in [0.3, 0.4) is 0 Å². The second kappa shape index (κ2) is 4.15. The van der Waals surface area contributed by atoms with Crippen LogP contribution >= 0.6 is 0 Å². The molecule has 1 aromatic rings. The van der Waals surface area contributed by atoms with E-state index in [0.29, 0.717) is 29.6 Å². The molecular weight excluding hydrogens is 206 g/mol. The van der Waals surface area contributed by atoms with Crippen LogP contribution in [-0.4, -0.2) is 22.4 Å². The van der Waals surface area contributed by atoms with Gasteiger partial charge in [0.2, 0.25) is 0 Å². The van der Waals surface area contributed by atoms with Crippen molar-refractivity contribution in [3.63, 3.8) is 0 Å². The highest BCUT2D eigenvalue weighted by Gasteiger charge is 2.23. The highest BCUT2D eigenvalue weighted by atomic mass is 16.5. The molecule has 5 nitrogen and oxygen atoms in total. The summed E-state index contributed by atoms with van der Waals surface area (Å²) in [6, 6.07) is 0. The lowest BCUT2D eigenvalue weighted by Crippen LogP contribution is -2.21. The fourth-order valence-corrected chi connectivity index (χ4v) is 1.84. The minimum Gasteiger partial charge on any atom is -0.461 e. The van der Waals surface area contributed by atoms with Crippen molar-refractivity contribution in [1.29, 1.82) is 0 Å². The second-order valence-corrected chi connectivity index (χ2v) is 4.37. The van der Waals surface area contributed by atoms with Crippen LogP contribution in [0.5, 0.6) is 0 Å². The third kappa shape index (κ3) is 1.89. The molecule has 0 radical (unpaired) electrons.